The summed E-state index contributed by atoms with van der Waals surface area (Å²) in [5.74, 6) is 0.600. The van der Waals surface area contributed by atoms with Crippen molar-refractivity contribution in [3.8, 4) is 0 Å². The summed E-state index contributed by atoms with van der Waals surface area (Å²) in [6, 6.07) is 1.74. The fourth-order valence-corrected chi connectivity index (χ4v) is 2.69. The number of carbonyl (C=O) groups is 2. The summed E-state index contributed by atoms with van der Waals surface area (Å²) in [7, 11) is 1.72. The van der Waals surface area contributed by atoms with Crippen molar-refractivity contribution in [3.63, 3.8) is 0 Å². The van der Waals surface area contributed by atoms with Gasteiger partial charge in [0.2, 0.25) is 5.91 Å². The van der Waals surface area contributed by atoms with E-state index in [1.165, 1.54) is 19.3 Å². The molecule has 1 heterocycles. The van der Waals surface area contributed by atoms with Gasteiger partial charge in [0, 0.05) is 31.4 Å². The van der Waals surface area contributed by atoms with Crippen LogP contribution < -0.4 is 0 Å². The Labute approximate surface area is 114 Å². The molecule has 0 bridgehead atoms. The predicted octanol–water partition coefficient (Wildman–Crippen LogP) is 2.63. The van der Waals surface area contributed by atoms with E-state index in [1.807, 2.05) is 0 Å². The van der Waals surface area contributed by atoms with Crippen molar-refractivity contribution in [1.29, 1.82) is 0 Å². The monoisotopic (exact) mass is 262 g/mol. The lowest BCUT2D eigenvalue weighted by atomic mass is 9.86. The third kappa shape index (κ3) is 3.94. The molecule has 0 atom stereocenters. The minimum Gasteiger partial charge on any atom is -0.367 e. The van der Waals surface area contributed by atoms with Crippen molar-refractivity contribution >= 4 is 11.7 Å². The SMILES string of the molecule is CN(CC(=O)c1cc[nH]c1)C(=O)CC1CCCCC1. The van der Waals surface area contributed by atoms with Crippen LogP contribution in [-0.2, 0) is 4.79 Å². The first kappa shape index (κ1) is 13.8. The largest absolute Gasteiger partial charge is 0.367 e. The number of hydrogen-bond acceptors (Lipinski definition) is 2. The van der Waals surface area contributed by atoms with E-state index >= 15 is 0 Å². The van der Waals surface area contributed by atoms with Gasteiger partial charge in [-0.25, -0.2) is 0 Å². The maximum Gasteiger partial charge on any atom is 0.222 e. The molecule has 1 aromatic heterocycles. The van der Waals surface area contributed by atoms with Gasteiger partial charge in [0.15, 0.2) is 5.78 Å². The number of nitrogens with zero attached hydrogens (tertiary/aromatic N) is 1. The number of likely N-dealkylation sites (N-methyl/N-ethyl adjacent to an activating group) is 1. The normalized spacial score (nSPS) is 16.3. The molecule has 0 spiro atoms. The standard InChI is InChI=1S/C15H22N2O2/c1-17(11-14(18)13-7-8-16-10-13)15(19)9-12-5-3-2-4-6-12/h7-8,10,12,16H,2-6,9,11H2,1H3. The van der Waals surface area contributed by atoms with Gasteiger partial charge >= 0.3 is 0 Å². The fourth-order valence-electron chi connectivity index (χ4n) is 2.69. The number of aromatic nitrogens is 1. The average molecular weight is 262 g/mol. The van der Waals surface area contributed by atoms with Crippen molar-refractivity contribution in [2.45, 2.75) is 38.5 Å². The zero-order valence-corrected chi connectivity index (χ0v) is 11.5. The summed E-state index contributed by atoms with van der Waals surface area (Å²) in [6.07, 6.45) is 10.1. The Balaban J connectivity index is 1.80. The minimum atomic E-state index is -0.0132. The Kier molecular flexibility index (Phi) is 4.77. The molecule has 0 saturated heterocycles. The van der Waals surface area contributed by atoms with Crippen LogP contribution in [0.3, 0.4) is 0 Å². The molecular formula is C15H22N2O2. The van der Waals surface area contributed by atoms with Crippen LogP contribution in [-0.4, -0.2) is 35.2 Å². The molecule has 0 aliphatic heterocycles. The summed E-state index contributed by atoms with van der Waals surface area (Å²) in [4.78, 5) is 28.4. The number of amides is 1. The van der Waals surface area contributed by atoms with Crippen LogP contribution in [0.15, 0.2) is 18.5 Å². The number of rotatable bonds is 5. The molecule has 4 heteroatoms. The topological polar surface area (TPSA) is 53.2 Å². The van der Waals surface area contributed by atoms with Crippen LogP contribution in [0.4, 0.5) is 0 Å². The van der Waals surface area contributed by atoms with E-state index in [-0.39, 0.29) is 18.2 Å². The molecule has 0 aromatic carbocycles. The second-order valence-electron chi connectivity index (χ2n) is 5.48. The molecule has 2 rings (SSSR count). The number of H-pyrrole nitrogens is 1. The second-order valence-corrected chi connectivity index (χ2v) is 5.48. The summed E-state index contributed by atoms with van der Waals surface area (Å²) >= 11 is 0. The van der Waals surface area contributed by atoms with Gasteiger partial charge in [-0.1, -0.05) is 19.3 Å². The molecule has 1 aliphatic rings. The summed E-state index contributed by atoms with van der Waals surface area (Å²) in [5, 5.41) is 0. The van der Waals surface area contributed by atoms with Crippen LogP contribution in [0.25, 0.3) is 0 Å². The van der Waals surface area contributed by atoms with E-state index in [9.17, 15) is 9.59 Å². The number of hydrogen-bond donors (Lipinski definition) is 1. The number of Topliss-reactive ketones (excluding diaryl/α,β-unsaturated/α-hetero) is 1. The molecule has 19 heavy (non-hydrogen) atoms. The predicted molar refractivity (Wildman–Crippen MR) is 74.0 cm³/mol. The molecule has 1 fully saturated rings. The van der Waals surface area contributed by atoms with E-state index in [0.29, 0.717) is 17.9 Å². The molecule has 1 amide bonds. The maximum absolute atomic E-state index is 12.1. The molecule has 1 saturated carbocycles. The lowest BCUT2D eigenvalue weighted by Gasteiger charge is -2.23. The zero-order chi connectivity index (χ0) is 13.7. The van der Waals surface area contributed by atoms with Gasteiger partial charge in [-0.3, -0.25) is 9.59 Å². The lowest BCUT2D eigenvalue weighted by molar-refractivity contribution is -0.130. The van der Waals surface area contributed by atoms with Crippen molar-refractivity contribution in [3.05, 3.63) is 24.0 Å². The van der Waals surface area contributed by atoms with Gasteiger partial charge in [0.25, 0.3) is 0 Å². The molecule has 1 aromatic rings. The zero-order valence-electron chi connectivity index (χ0n) is 11.5. The third-order valence-corrected chi connectivity index (χ3v) is 3.91. The van der Waals surface area contributed by atoms with Crippen molar-refractivity contribution < 1.29 is 9.59 Å². The summed E-state index contributed by atoms with van der Waals surface area (Å²) in [5.41, 5.74) is 0.636. The number of aromatic amines is 1. The van der Waals surface area contributed by atoms with Gasteiger partial charge in [0.1, 0.15) is 0 Å². The van der Waals surface area contributed by atoms with Crippen LogP contribution >= 0.6 is 0 Å². The van der Waals surface area contributed by atoms with E-state index in [2.05, 4.69) is 4.98 Å². The number of ketones is 1. The van der Waals surface area contributed by atoms with Crippen molar-refractivity contribution in [1.82, 2.24) is 9.88 Å². The average Bonchev–Trinajstić information content (AvgIpc) is 2.93. The van der Waals surface area contributed by atoms with Gasteiger partial charge in [-0.15, -0.1) is 0 Å². The smallest absolute Gasteiger partial charge is 0.222 e. The third-order valence-electron chi connectivity index (χ3n) is 3.91. The fraction of sp³-hybridized carbons (Fsp3) is 0.600. The highest BCUT2D eigenvalue weighted by molar-refractivity contribution is 5.99. The minimum absolute atomic E-state index is 0.0132. The van der Waals surface area contributed by atoms with E-state index in [4.69, 9.17) is 0 Å². The molecule has 1 N–H and O–H groups in total. The highest BCUT2D eigenvalue weighted by Crippen LogP contribution is 2.26. The van der Waals surface area contributed by atoms with Gasteiger partial charge in [0.05, 0.1) is 6.54 Å². The highest BCUT2D eigenvalue weighted by atomic mass is 16.2. The van der Waals surface area contributed by atoms with Crippen LogP contribution in [0.1, 0.15) is 48.9 Å². The van der Waals surface area contributed by atoms with Crippen LogP contribution in [0, 0.1) is 5.92 Å². The number of carbonyl (C=O) groups excluding carboxylic acids is 2. The Morgan fingerprint density at radius 2 is 2.05 bits per heavy atom. The van der Waals surface area contributed by atoms with Gasteiger partial charge < -0.3 is 9.88 Å². The maximum atomic E-state index is 12.1. The van der Waals surface area contributed by atoms with Crippen molar-refractivity contribution in [2.75, 3.05) is 13.6 Å². The summed E-state index contributed by atoms with van der Waals surface area (Å²) in [6.45, 7) is 0.170. The van der Waals surface area contributed by atoms with E-state index in [1.54, 1.807) is 30.4 Å². The first-order valence-electron chi connectivity index (χ1n) is 7.07. The quantitative estimate of drug-likeness (QED) is 0.829. The van der Waals surface area contributed by atoms with Gasteiger partial charge in [-0.05, 0) is 24.8 Å². The number of nitrogens with one attached hydrogen (secondary N) is 1. The van der Waals surface area contributed by atoms with E-state index < -0.39 is 0 Å². The highest BCUT2D eigenvalue weighted by Gasteiger charge is 2.20. The molecule has 1 aliphatic carbocycles. The first-order chi connectivity index (χ1) is 9.16. The first-order valence-corrected chi connectivity index (χ1v) is 7.07. The molecule has 0 unspecified atom stereocenters. The summed E-state index contributed by atoms with van der Waals surface area (Å²) < 4.78 is 0. The van der Waals surface area contributed by atoms with Crippen LogP contribution in [0.5, 0.6) is 0 Å². The Morgan fingerprint density at radius 1 is 1.32 bits per heavy atom. The second kappa shape index (κ2) is 6.55. The Bertz CT molecular complexity index is 419. The molecule has 0 radical (unpaired) electrons. The van der Waals surface area contributed by atoms with Gasteiger partial charge in [-0.2, -0.15) is 0 Å². The van der Waals surface area contributed by atoms with E-state index in [0.717, 1.165) is 12.8 Å². The molecule has 104 valence electrons. The lowest BCUT2D eigenvalue weighted by Crippen LogP contribution is -2.33. The molecular weight excluding hydrogens is 240 g/mol. The van der Waals surface area contributed by atoms with Crippen LogP contribution in [0.2, 0.25) is 0 Å². The Hall–Kier alpha value is -1.58. The van der Waals surface area contributed by atoms with Crippen molar-refractivity contribution in [2.24, 2.45) is 5.92 Å². The molecule has 4 nitrogen and oxygen atoms in total. The Morgan fingerprint density at radius 3 is 2.68 bits per heavy atom.